The minimum absolute atomic E-state index is 0.134. The minimum Gasteiger partial charge on any atom is -0.355 e. The monoisotopic (exact) mass is 341 g/mol. The van der Waals surface area contributed by atoms with Crippen molar-refractivity contribution in [3.63, 3.8) is 0 Å². The zero-order chi connectivity index (χ0) is 16.9. The highest BCUT2D eigenvalue weighted by atomic mass is 32.1. The van der Waals surface area contributed by atoms with Gasteiger partial charge in [-0.1, -0.05) is 41.6 Å². The van der Waals surface area contributed by atoms with Gasteiger partial charge in [0.2, 0.25) is 0 Å². The number of hydrogen-bond acceptors (Lipinski definition) is 5. The summed E-state index contributed by atoms with van der Waals surface area (Å²) >= 11 is 1.68. The number of nitrogens with zero attached hydrogens (tertiary/aromatic N) is 2. The van der Waals surface area contributed by atoms with Crippen LogP contribution in [0.15, 0.2) is 58.4 Å². The summed E-state index contributed by atoms with van der Waals surface area (Å²) in [6.07, 6.45) is 0. The molecule has 0 spiro atoms. The highest BCUT2D eigenvalue weighted by molar-refractivity contribution is 7.10. The van der Waals surface area contributed by atoms with E-state index >= 15 is 0 Å². The largest absolute Gasteiger partial charge is 0.355 e. The predicted molar refractivity (Wildman–Crippen MR) is 95.0 cm³/mol. The van der Waals surface area contributed by atoms with Crippen LogP contribution >= 0.6 is 11.3 Å². The standard InChI is InChI=1S/C18H19N3O2S/c1-21(2)15(17-9-6-10-24-17)12-19-18(22)14-11-16(23-20-14)13-7-4-3-5-8-13/h3-11,15H,12H2,1-2H3,(H,19,22)/t15-/m0/s1. The summed E-state index contributed by atoms with van der Waals surface area (Å²) in [4.78, 5) is 15.6. The lowest BCUT2D eigenvalue weighted by atomic mass is 10.1. The molecule has 1 N–H and O–H groups in total. The molecule has 5 nitrogen and oxygen atoms in total. The van der Waals surface area contributed by atoms with E-state index in [2.05, 4.69) is 21.4 Å². The molecule has 0 unspecified atom stereocenters. The zero-order valence-corrected chi connectivity index (χ0v) is 14.4. The van der Waals surface area contributed by atoms with Gasteiger partial charge in [-0.3, -0.25) is 4.79 Å². The Kier molecular flexibility index (Phi) is 5.08. The Morgan fingerprint density at radius 1 is 1.25 bits per heavy atom. The van der Waals surface area contributed by atoms with Gasteiger partial charge in [0.25, 0.3) is 5.91 Å². The smallest absolute Gasteiger partial charge is 0.273 e. The van der Waals surface area contributed by atoms with E-state index in [-0.39, 0.29) is 17.6 Å². The number of thiophene rings is 1. The lowest BCUT2D eigenvalue weighted by Gasteiger charge is -2.23. The summed E-state index contributed by atoms with van der Waals surface area (Å²) in [7, 11) is 4.00. The van der Waals surface area contributed by atoms with Crippen molar-refractivity contribution in [1.29, 1.82) is 0 Å². The third-order valence-electron chi connectivity index (χ3n) is 3.75. The van der Waals surface area contributed by atoms with Gasteiger partial charge in [-0.25, -0.2) is 0 Å². The number of aromatic nitrogens is 1. The zero-order valence-electron chi connectivity index (χ0n) is 13.6. The van der Waals surface area contributed by atoms with Crippen LogP contribution in [0.5, 0.6) is 0 Å². The van der Waals surface area contributed by atoms with Gasteiger partial charge in [-0.05, 0) is 25.5 Å². The number of rotatable bonds is 6. The molecule has 2 heterocycles. The van der Waals surface area contributed by atoms with E-state index in [1.807, 2.05) is 55.9 Å². The Balaban J connectivity index is 1.66. The highest BCUT2D eigenvalue weighted by Crippen LogP contribution is 2.23. The van der Waals surface area contributed by atoms with Crippen molar-refractivity contribution >= 4 is 17.2 Å². The van der Waals surface area contributed by atoms with Gasteiger partial charge in [0.15, 0.2) is 11.5 Å². The summed E-state index contributed by atoms with van der Waals surface area (Å²) in [5.74, 6) is 0.354. The molecule has 124 valence electrons. The fraction of sp³-hybridized carbons (Fsp3) is 0.222. The van der Waals surface area contributed by atoms with Gasteiger partial charge in [0.1, 0.15) is 0 Å². The molecule has 3 rings (SSSR count). The SMILES string of the molecule is CN(C)[C@@H](CNC(=O)c1cc(-c2ccccc2)on1)c1cccs1. The lowest BCUT2D eigenvalue weighted by Crippen LogP contribution is -2.34. The molecular weight excluding hydrogens is 322 g/mol. The molecule has 0 radical (unpaired) electrons. The van der Waals surface area contributed by atoms with Crippen LogP contribution in [0.2, 0.25) is 0 Å². The van der Waals surface area contributed by atoms with E-state index in [4.69, 9.17) is 4.52 Å². The van der Waals surface area contributed by atoms with Gasteiger partial charge in [-0.2, -0.15) is 0 Å². The van der Waals surface area contributed by atoms with E-state index in [9.17, 15) is 4.79 Å². The van der Waals surface area contributed by atoms with Crippen LogP contribution in [0.4, 0.5) is 0 Å². The van der Waals surface area contributed by atoms with Crippen molar-refractivity contribution in [2.24, 2.45) is 0 Å². The Morgan fingerprint density at radius 3 is 2.71 bits per heavy atom. The molecule has 3 aromatic rings. The van der Waals surface area contributed by atoms with E-state index in [1.165, 1.54) is 4.88 Å². The summed E-state index contributed by atoms with van der Waals surface area (Å²) in [6.45, 7) is 0.514. The Bertz CT molecular complexity index is 782. The molecule has 2 aromatic heterocycles. The molecule has 0 fully saturated rings. The van der Waals surface area contributed by atoms with Crippen LogP contribution in [0, 0.1) is 0 Å². The van der Waals surface area contributed by atoms with Gasteiger partial charge >= 0.3 is 0 Å². The predicted octanol–water partition coefficient (Wildman–Crippen LogP) is 3.44. The number of carbonyl (C=O) groups excluding carboxylic acids is 1. The molecule has 0 saturated carbocycles. The average molecular weight is 341 g/mol. The molecule has 6 heteroatoms. The van der Waals surface area contributed by atoms with Gasteiger partial charge in [0.05, 0.1) is 6.04 Å². The number of likely N-dealkylation sites (N-methyl/N-ethyl adjacent to an activating group) is 1. The van der Waals surface area contributed by atoms with E-state index in [0.29, 0.717) is 12.3 Å². The second-order valence-electron chi connectivity index (χ2n) is 5.65. The van der Waals surface area contributed by atoms with E-state index in [0.717, 1.165) is 5.56 Å². The van der Waals surface area contributed by atoms with Crippen molar-refractivity contribution in [2.75, 3.05) is 20.6 Å². The molecular formula is C18H19N3O2S. The molecule has 0 bridgehead atoms. The first-order chi connectivity index (χ1) is 11.6. The van der Waals surface area contributed by atoms with Crippen LogP contribution in [0.3, 0.4) is 0 Å². The highest BCUT2D eigenvalue weighted by Gasteiger charge is 2.18. The number of benzene rings is 1. The second kappa shape index (κ2) is 7.42. The van der Waals surface area contributed by atoms with Crippen LogP contribution in [-0.4, -0.2) is 36.6 Å². The van der Waals surface area contributed by atoms with Gasteiger partial charge < -0.3 is 14.7 Å². The topological polar surface area (TPSA) is 58.4 Å². The first kappa shape index (κ1) is 16.4. The maximum atomic E-state index is 12.3. The van der Waals surface area contributed by atoms with Crippen molar-refractivity contribution < 1.29 is 9.32 Å². The van der Waals surface area contributed by atoms with Crippen molar-refractivity contribution in [3.05, 3.63) is 64.5 Å². The van der Waals surface area contributed by atoms with Crippen LogP contribution in [-0.2, 0) is 0 Å². The summed E-state index contributed by atoms with van der Waals surface area (Å²) < 4.78 is 5.28. The molecule has 24 heavy (non-hydrogen) atoms. The fourth-order valence-corrected chi connectivity index (χ4v) is 3.34. The first-order valence-electron chi connectivity index (χ1n) is 7.65. The van der Waals surface area contributed by atoms with Gasteiger partial charge in [0, 0.05) is 23.1 Å². The number of amides is 1. The van der Waals surface area contributed by atoms with Crippen molar-refractivity contribution in [2.45, 2.75) is 6.04 Å². The van der Waals surface area contributed by atoms with E-state index < -0.39 is 0 Å². The third kappa shape index (κ3) is 3.72. The molecule has 1 aromatic carbocycles. The minimum atomic E-state index is -0.232. The van der Waals surface area contributed by atoms with Gasteiger partial charge in [-0.15, -0.1) is 11.3 Å². The van der Waals surface area contributed by atoms with Crippen molar-refractivity contribution in [3.8, 4) is 11.3 Å². The molecule has 0 aliphatic heterocycles. The lowest BCUT2D eigenvalue weighted by molar-refractivity contribution is 0.0933. The fourth-order valence-electron chi connectivity index (χ4n) is 2.42. The maximum absolute atomic E-state index is 12.3. The molecule has 1 atom stereocenters. The summed E-state index contributed by atoms with van der Waals surface area (Å²) in [6, 6.07) is 15.5. The molecule has 0 aliphatic carbocycles. The Hall–Kier alpha value is -2.44. The van der Waals surface area contributed by atoms with Crippen LogP contribution in [0.1, 0.15) is 21.4 Å². The summed E-state index contributed by atoms with van der Waals surface area (Å²) in [5, 5.41) is 8.86. The molecule has 0 aliphatic rings. The van der Waals surface area contributed by atoms with Crippen LogP contribution < -0.4 is 5.32 Å². The quantitative estimate of drug-likeness (QED) is 0.746. The summed E-state index contributed by atoms with van der Waals surface area (Å²) in [5.41, 5.74) is 1.19. The first-order valence-corrected chi connectivity index (χ1v) is 8.53. The maximum Gasteiger partial charge on any atom is 0.273 e. The van der Waals surface area contributed by atoms with Crippen molar-refractivity contribution in [1.82, 2.24) is 15.4 Å². The van der Waals surface area contributed by atoms with Crippen LogP contribution in [0.25, 0.3) is 11.3 Å². The number of nitrogens with one attached hydrogen (secondary N) is 1. The second-order valence-corrected chi connectivity index (χ2v) is 6.63. The number of hydrogen-bond donors (Lipinski definition) is 1. The molecule has 0 saturated heterocycles. The third-order valence-corrected chi connectivity index (χ3v) is 4.73. The average Bonchev–Trinajstić information content (AvgIpc) is 3.27. The Morgan fingerprint density at radius 2 is 2.04 bits per heavy atom. The van der Waals surface area contributed by atoms with E-state index in [1.54, 1.807) is 17.4 Å². The normalized spacial score (nSPS) is 12.3. The molecule has 1 amide bonds. The Labute approximate surface area is 144 Å². The number of carbonyl (C=O) groups is 1.